The van der Waals surface area contributed by atoms with Crippen LogP contribution >= 0.6 is 0 Å². The molecule has 0 spiro atoms. The van der Waals surface area contributed by atoms with Crippen molar-refractivity contribution in [1.29, 1.82) is 0 Å². The van der Waals surface area contributed by atoms with Crippen LogP contribution in [0.5, 0.6) is 0 Å². The Hall–Kier alpha value is -1.78. The molecule has 0 saturated carbocycles. The zero-order chi connectivity index (χ0) is 7.68. The van der Waals surface area contributed by atoms with Gasteiger partial charge in [0.2, 0.25) is 0 Å². The maximum Gasteiger partial charge on any atom is 0.200 e. The van der Waals surface area contributed by atoms with Crippen LogP contribution in [-0.4, -0.2) is 26.5 Å². The largest absolute Gasteiger partial charge is 0.296 e. The molecule has 54 valence electrons. The van der Waals surface area contributed by atoms with Gasteiger partial charge in [0.15, 0.2) is 11.9 Å². The second-order valence-electron chi connectivity index (χ2n) is 1.98. The van der Waals surface area contributed by atoms with Crippen LogP contribution in [0.2, 0.25) is 0 Å². The lowest BCUT2D eigenvalue weighted by Gasteiger charge is -1.82. The zero-order valence-corrected chi connectivity index (χ0v) is 5.48. The number of nitrogens with one attached hydrogen (secondary N) is 1. The predicted molar refractivity (Wildman–Crippen MR) is 37.1 cm³/mol. The average Bonchev–Trinajstić information content (AvgIpc) is 2.47. The Labute approximate surface area is 61.5 Å². The molecule has 2 rings (SSSR count). The van der Waals surface area contributed by atoms with Gasteiger partial charge in [-0.05, 0) is 0 Å². The Balaban J connectivity index is 2.86. The van der Waals surface area contributed by atoms with E-state index in [1.54, 1.807) is 0 Å². The van der Waals surface area contributed by atoms with Gasteiger partial charge in [-0.25, -0.2) is 9.97 Å². The van der Waals surface area contributed by atoms with Crippen molar-refractivity contribution in [3.05, 3.63) is 18.1 Å². The van der Waals surface area contributed by atoms with Gasteiger partial charge in [-0.3, -0.25) is 9.89 Å². The van der Waals surface area contributed by atoms with Crippen molar-refractivity contribution in [2.75, 3.05) is 0 Å². The van der Waals surface area contributed by atoms with E-state index in [1.807, 2.05) is 0 Å². The number of hydrogen-bond donors (Lipinski definition) is 1. The minimum absolute atomic E-state index is 0.369. The molecule has 0 aliphatic carbocycles. The molecule has 0 bridgehead atoms. The first-order valence-corrected chi connectivity index (χ1v) is 3.02. The lowest BCUT2D eigenvalue weighted by atomic mass is 10.4. The number of carbonyl (C=O) groups is 1. The van der Waals surface area contributed by atoms with E-state index in [0.29, 0.717) is 23.1 Å². The van der Waals surface area contributed by atoms with Crippen molar-refractivity contribution in [3.8, 4) is 0 Å². The van der Waals surface area contributed by atoms with Crippen molar-refractivity contribution < 1.29 is 4.79 Å². The van der Waals surface area contributed by atoms with Gasteiger partial charge in [-0.2, -0.15) is 5.10 Å². The van der Waals surface area contributed by atoms with Crippen LogP contribution in [0, 0.1) is 0 Å². The molecular weight excluding hydrogens is 144 g/mol. The summed E-state index contributed by atoms with van der Waals surface area (Å²) in [6.45, 7) is 0. The van der Waals surface area contributed by atoms with E-state index >= 15 is 0 Å². The molecule has 5 heteroatoms. The Bertz CT molecular complexity index is 394. The highest BCUT2D eigenvalue weighted by Crippen LogP contribution is 2.05. The van der Waals surface area contributed by atoms with E-state index in [-0.39, 0.29) is 0 Å². The quantitative estimate of drug-likeness (QED) is 0.585. The lowest BCUT2D eigenvalue weighted by Crippen LogP contribution is -1.82. The van der Waals surface area contributed by atoms with Crippen LogP contribution in [0.3, 0.4) is 0 Å². The summed E-state index contributed by atoms with van der Waals surface area (Å²) in [7, 11) is 0. The molecule has 0 amide bonds. The lowest BCUT2D eigenvalue weighted by molar-refractivity contribution is 0.112. The molecule has 2 heterocycles. The summed E-state index contributed by atoms with van der Waals surface area (Å²) in [4.78, 5) is 18.2. The van der Waals surface area contributed by atoms with E-state index in [1.165, 1.54) is 12.4 Å². The van der Waals surface area contributed by atoms with E-state index in [4.69, 9.17) is 0 Å². The van der Waals surface area contributed by atoms with Crippen LogP contribution in [-0.2, 0) is 0 Å². The monoisotopic (exact) mass is 148 g/mol. The van der Waals surface area contributed by atoms with Crippen molar-refractivity contribution >= 4 is 17.5 Å². The van der Waals surface area contributed by atoms with Gasteiger partial charge < -0.3 is 0 Å². The molecular formula is C6H4N4O. The van der Waals surface area contributed by atoms with Crippen LogP contribution in [0.1, 0.15) is 10.5 Å². The Morgan fingerprint density at radius 1 is 1.36 bits per heavy atom. The summed E-state index contributed by atoms with van der Waals surface area (Å²) in [5, 5.41) is 6.28. The van der Waals surface area contributed by atoms with E-state index in [9.17, 15) is 4.79 Å². The number of aromatic amines is 1. The smallest absolute Gasteiger partial charge is 0.200 e. The average molecular weight is 148 g/mol. The molecule has 0 aromatic carbocycles. The molecule has 5 nitrogen and oxygen atoms in total. The minimum Gasteiger partial charge on any atom is -0.296 e. The first-order chi connectivity index (χ1) is 5.42. The van der Waals surface area contributed by atoms with Gasteiger partial charge in [0.1, 0.15) is 11.2 Å². The molecule has 0 atom stereocenters. The summed E-state index contributed by atoms with van der Waals surface area (Å²) in [5.74, 6) is 0. The highest BCUT2D eigenvalue weighted by atomic mass is 16.1. The fourth-order valence-corrected chi connectivity index (χ4v) is 0.851. The summed E-state index contributed by atoms with van der Waals surface area (Å²) in [6.07, 6.45) is 3.71. The van der Waals surface area contributed by atoms with E-state index in [0.717, 1.165) is 0 Å². The molecule has 0 saturated heterocycles. The molecule has 11 heavy (non-hydrogen) atoms. The van der Waals surface area contributed by atoms with Gasteiger partial charge in [-0.1, -0.05) is 0 Å². The predicted octanol–water partition coefficient (Wildman–Crippen LogP) is 0.165. The van der Waals surface area contributed by atoms with Crippen molar-refractivity contribution in [3.63, 3.8) is 0 Å². The summed E-state index contributed by atoms with van der Waals surface area (Å²) >= 11 is 0. The Kier molecular flexibility index (Phi) is 1.15. The molecule has 0 aliphatic heterocycles. The normalized spacial score (nSPS) is 10.2. The molecule has 0 aliphatic rings. The molecule has 2 aromatic rings. The number of nitrogens with zero attached hydrogens (tertiary/aromatic N) is 3. The summed E-state index contributed by atoms with van der Waals surface area (Å²) in [5.41, 5.74) is 1.35. The molecule has 0 fully saturated rings. The third-order valence-electron chi connectivity index (χ3n) is 1.33. The van der Waals surface area contributed by atoms with Crippen molar-refractivity contribution in [2.24, 2.45) is 0 Å². The number of fused-ring (bicyclic) bond motifs is 1. The van der Waals surface area contributed by atoms with Crippen LogP contribution < -0.4 is 0 Å². The number of carbonyl (C=O) groups excluding carboxylic acids is 1. The van der Waals surface area contributed by atoms with Gasteiger partial charge in [0, 0.05) is 12.4 Å². The fraction of sp³-hybridized carbons (Fsp3) is 0. The Morgan fingerprint density at radius 3 is 3.00 bits per heavy atom. The topological polar surface area (TPSA) is 71.5 Å². The Morgan fingerprint density at radius 2 is 2.18 bits per heavy atom. The number of hydrogen-bond acceptors (Lipinski definition) is 4. The number of aromatic nitrogens is 4. The van der Waals surface area contributed by atoms with Gasteiger partial charge in [0.05, 0.1) is 0 Å². The van der Waals surface area contributed by atoms with E-state index in [2.05, 4.69) is 20.2 Å². The molecule has 1 N–H and O–H groups in total. The standard InChI is InChI=1S/C6H4N4O/c11-3-4-5-6(10-9-4)8-2-1-7-5/h1-3H,(H,8,9,10). The number of H-pyrrole nitrogens is 1. The minimum atomic E-state index is 0.369. The summed E-state index contributed by atoms with van der Waals surface area (Å²) < 4.78 is 0. The number of aldehydes is 1. The van der Waals surface area contributed by atoms with Crippen LogP contribution in [0.25, 0.3) is 11.2 Å². The number of rotatable bonds is 1. The van der Waals surface area contributed by atoms with Gasteiger partial charge in [-0.15, -0.1) is 0 Å². The fourth-order valence-electron chi connectivity index (χ4n) is 0.851. The summed E-state index contributed by atoms with van der Waals surface area (Å²) in [6, 6.07) is 0. The second kappa shape index (κ2) is 2.12. The third-order valence-corrected chi connectivity index (χ3v) is 1.33. The second-order valence-corrected chi connectivity index (χ2v) is 1.98. The first kappa shape index (κ1) is 5.96. The molecule has 0 unspecified atom stereocenters. The zero-order valence-electron chi connectivity index (χ0n) is 5.48. The highest BCUT2D eigenvalue weighted by molar-refractivity contribution is 5.89. The molecule has 0 radical (unpaired) electrons. The first-order valence-electron chi connectivity index (χ1n) is 3.02. The molecule has 2 aromatic heterocycles. The van der Waals surface area contributed by atoms with Crippen LogP contribution in [0.4, 0.5) is 0 Å². The maximum absolute atomic E-state index is 10.3. The van der Waals surface area contributed by atoms with Crippen molar-refractivity contribution in [2.45, 2.75) is 0 Å². The highest BCUT2D eigenvalue weighted by Gasteiger charge is 2.03. The van der Waals surface area contributed by atoms with Crippen LogP contribution in [0.15, 0.2) is 12.4 Å². The van der Waals surface area contributed by atoms with E-state index < -0.39 is 0 Å². The van der Waals surface area contributed by atoms with Gasteiger partial charge in [0.25, 0.3) is 0 Å². The maximum atomic E-state index is 10.3. The SMILES string of the molecule is O=Cc1[nH]nc2nccnc12. The van der Waals surface area contributed by atoms with Crippen molar-refractivity contribution in [1.82, 2.24) is 20.2 Å². The van der Waals surface area contributed by atoms with Gasteiger partial charge >= 0.3 is 0 Å². The third kappa shape index (κ3) is 0.778.